The number of hydrogen-bond acceptors (Lipinski definition) is 8. The van der Waals surface area contributed by atoms with Crippen LogP contribution in [-0.4, -0.2) is 73.2 Å². The van der Waals surface area contributed by atoms with Crippen LogP contribution in [0.15, 0.2) is 24.3 Å². The van der Waals surface area contributed by atoms with E-state index in [9.17, 15) is 9.59 Å². The summed E-state index contributed by atoms with van der Waals surface area (Å²) in [6.07, 6.45) is 0.365. The first-order valence-electron chi connectivity index (χ1n) is 10.0. The zero-order valence-electron chi connectivity index (χ0n) is 18.5. The van der Waals surface area contributed by atoms with Gasteiger partial charge < -0.3 is 19.5 Å². The van der Waals surface area contributed by atoms with Crippen molar-refractivity contribution in [2.24, 2.45) is 0 Å². The van der Waals surface area contributed by atoms with Crippen molar-refractivity contribution < 1.29 is 23.8 Å². The quantitative estimate of drug-likeness (QED) is 0.666. The number of carbonyl (C=O) groups is 2. The number of pyridine rings is 2. The minimum atomic E-state index is -0.411. The number of aryl methyl sites for hydroxylation is 2. The molecular formula is C22H28N4O5. The molecule has 0 spiro atoms. The maximum absolute atomic E-state index is 12.6. The van der Waals surface area contributed by atoms with Crippen molar-refractivity contribution in [2.45, 2.75) is 32.4 Å². The van der Waals surface area contributed by atoms with Gasteiger partial charge in [0.25, 0.3) is 5.91 Å². The number of likely N-dealkylation sites (tertiary alicyclic amines) is 1. The highest BCUT2D eigenvalue weighted by Gasteiger charge is 2.32. The van der Waals surface area contributed by atoms with Gasteiger partial charge in [-0.3, -0.25) is 9.69 Å². The molecule has 0 saturated carbocycles. The van der Waals surface area contributed by atoms with Crippen molar-refractivity contribution in [1.29, 1.82) is 0 Å². The van der Waals surface area contributed by atoms with Gasteiger partial charge in [-0.25, -0.2) is 14.8 Å². The highest BCUT2D eigenvalue weighted by Crippen LogP contribution is 2.21. The molecule has 1 amide bonds. The number of amides is 1. The molecule has 2 atom stereocenters. The molecule has 0 unspecified atom stereocenters. The summed E-state index contributed by atoms with van der Waals surface area (Å²) in [6.45, 7) is 4.63. The van der Waals surface area contributed by atoms with E-state index in [1.165, 1.54) is 14.2 Å². The lowest BCUT2D eigenvalue weighted by Crippen LogP contribution is -2.38. The summed E-state index contributed by atoms with van der Waals surface area (Å²) >= 11 is 0. The highest BCUT2D eigenvalue weighted by molar-refractivity contribution is 5.94. The lowest BCUT2D eigenvalue weighted by atomic mass is 10.1. The molecule has 3 rings (SSSR count). The third kappa shape index (κ3) is 5.69. The van der Waals surface area contributed by atoms with Crippen molar-refractivity contribution in [1.82, 2.24) is 20.2 Å². The number of aromatic nitrogens is 2. The number of nitrogens with zero attached hydrogens (tertiary/aromatic N) is 3. The first-order chi connectivity index (χ1) is 14.8. The van der Waals surface area contributed by atoms with E-state index < -0.39 is 5.97 Å². The number of hydrogen-bond donors (Lipinski definition) is 1. The molecule has 2 aromatic rings. The summed E-state index contributed by atoms with van der Waals surface area (Å²) in [6, 6.07) is 6.62. The minimum Gasteiger partial charge on any atom is -0.481 e. The van der Waals surface area contributed by atoms with Crippen LogP contribution >= 0.6 is 0 Å². The van der Waals surface area contributed by atoms with Gasteiger partial charge in [-0.2, -0.15) is 0 Å². The van der Waals surface area contributed by atoms with Crippen molar-refractivity contribution >= 4 is 11.9 Å². The summed E-state index contributed by atoms with van der Waals surface area (Å²) in [7, 11) is 4.97. The maximum atomic E-state index is 12.6. The lowest BCUT2D eigenvalue weighted by molar-refractivity contribution is 0.0325. The number of nitrogens with one attached hydrogen (secondary N) is 1. The Labute approximate surface area is 181 Å². The van der Waals surface area contributed by atoms with E-state index in [1.807, 2.05) is 14.0 Å². The first kappa shape index (κ1) is 22.5. The number of likely N-dealkylation sites (N-methyl/N-ethyl adjacent to an activating group) is 1. The molecule has 1 N–H and O–H groups in total. The lowest BCUT2D eigenvalue weighted by Gasteiger charge is -2.19. The Morgan fingerprint density at radius 2 is 1.61 bits per heavy atom. The molecule has 0 bridgehead atoms. The molecule has 1 aliphatic heterocycles. The Morgan fingerprint density at radius 3 is 2.23 bits per heavy atom. The van der Waals surface area contributed by atoms with Crippen molar-refractivity contribution in [3.05, 3.63) is 46.8 Å². The van der Waals surface area contributed by atoms with Gasteiger partial charge in [-0.1, -0.05) is 0 Å². The number of ether oxygens (including phenoxy) is 3. The van der Waals surface area contributed by atoms with Gasteiger partial charge in [-0.15, -0.1) is 0 Å². The average Bonchev–Trinajstić information content (AvgIpc) is 3.09. The highest BCUT2D eigenvalue weighted by atomic mass is 16.5. The smallest absolute Gasteiger partial charge is 0.338 e. The molecule has 9 nitrogen and oxygen atoms in total. The van der Waals surface area contributed by atoms with Crippen LogP contribution in [0.5, 0.6) is 11.8 Å². The van der Waals surface area contributed by atoms with Gasteiger partial charge in [0.1, 0.15) is 6.10 Å². The standard InChI is InChI=1S/C22H28N4O5/c1-13-6-15(8-19(24-13)29-4)21(27)23-11-17-10-18(12-26(17)3)31-22(28)16-7-14(2)25-20(9-16)30-5/h6-9,17-18H,10-12H2,1-5H3,(H,23,27)/t17-,18+/m0/s1. The molecule has 0 aromatic carbocycles. The van der Waals surface area contributed by atoms with Crippen molar-refractivity contribution in [3.63, 3.8) is 0 Å². The number of esters is 1. The fraction of sp³-hybridized carbons (Fsp3) is 0.455. The second-order valence-electron chi connectivity index (χ2n) is 7.65. The molecule has 9 heteroatoms. The fourth-order valence-electron chi connectivity index (χ4n) is 3.62. The summed E-state index contributed by atoms with van der Waals surface area (Å²) < 4.78 is 15.9. The summed E-state index contributed by atoms with van der Waals surface area (Å²) in [5, 5.41) is 2.95. The van der Waals surface area contributed by atoms with Gasteiger partial charge in [0, 0.05) is 54.6 Å². The van der Waals surface area contributed by atoms with Crippen LogP contribution in [0, 0.1) is 13.8 Å². The molecule has 2 aromatic heterocycles. The van der Waals surface area contributed by atoms with Crippen LogP contribution in [0.25, 0.3) is 0 Å². The second kappa shape index (κ2) is 9.74. The van der Waals surface area contributed by atoms with E-state index in [0.717, 1.165) is 0 Å². The van der Waals surface area contributed by atoms with Gasteiger partial charge in [0.15, 0.2) is 0 Å². The monoisotopic (exact) mass is 428 g/mol. The van der Waals surface area contributed by atoms with Crippen LogP contribution in [0.4, 0.5) is 0 Å². The zero-order chi connectivity index (χ0) is 22.5. The molecule has 1 saturated heterocycles. The van der Waals surface area contributed by atoms with Crippen LogP contribution in [-0.2, 0) is 4.74 Å². The molecule has 0 radical (unpaired) electrons. The molecule has 1 fully saturated rings. The second-order valence-corrected chi connectivity index (χ2v) is 7.65. The van der Waals surface area contributed by atoms with Gasteiger partial charge in [0.05, 0.1) is 19.8 Å². The summed E-state index contributed by atoms with van der Waals surface area (Å²) in [5.74, 6) is 0.167. The van der Waals surface area contributed by atoms with E-state index >= 15 is 0 Å². The number of carbonyl (C=O) groups excluding carboxylic acids is 2. The first-order valence-corrected chi connectivity index (χ1v) is 10.0. The predicted octanol–water partition coefficient (Wildman–Crippen LogP) is 1.77. The van der Waals surface area contributed by atoms with Gasteiger partial charge >= 0.3 is 5.97 Å². The average molecular weight is 428 g/mol. The Morgan fingerprint density at radius 1 is 1.03 bits per heavy atom. The molecular weight excluding hydrogens is 400 g/mol. The molecule has 0 aliphatic carbocycles. The molecule has 1 aliphatic rings. The Kier molecular flexibility index (Phi) is 7.06. The zero-order valence-corrected chi connectivity index (χ0v) is 18.5. The summed E-state index contributed by atoms with van der Waals surface area (Å²) in [4.78, 5) is 35.6. The van der Waals surface area contributed by atoms with Gasteiger partial charge in [0.2, 0.25) is 11.8 Å². The Hall–Kier alpha value is -3.20. The van der Waals surface area contributed by atoms with E-state index in [2.05, 4.69) is 20.2 Å². The van der Waals surface area contributed by atoms with Crippen LogP contribution in [0.1, 0.15) is 38.5 Å². The molecule has 166 valence electrons. The molecule has 3 heterocycles. The van der Waals surface area contributed by atoms with E-state index in [-0.39, 0.29) is 18.1 Å². The largest absolute Gasteiger partial charge is 0.481 e. The van der Waals surface area contributed by atoms with E-state index in [1.54, 1.807) is 31.2 Å². The van der Waals surface area contributed by atoms with Gasteiger partial charge in [-0.05, 0) is 33.0 Å². The topological polar surface area (TPSA) is 103 Å². The predicted molar refractivity (Wildman–Crippen MR) is 114 cm³/mol. The van der Waals surface area contributed by atoms with Crippen LogP contribution < -0.4 is 14.8 Å². The van der Waals surface area contributed by atoms with Crippen molar-refractivity contribution in [2.75, 3.05) is 34.4 Å². The van der Waals surface area contributed by atoms with Crippen LogP contribution in [0.3, 0.4) is 0 Å². The Bertz CT molecular complexity index is 965. The maximum Gasteiger partial charge on any atom is 0.338 e. The van der Waals surface area contributed by atoms with Crippen molar-refractivity contribution in [3.8, 4) is 11.8 Å². The normalized spacial score (nSPS) is 18.5. The van der Waals surface area contributed by atoms with Crippen LogP contribution in [0.2, 0.25) is 0 Å². The SMILES string of the molecule is COc1cc(C(=O)NC[C@@H]2C[C@@H](OC(=O)c3cc(C)nc(OC)c3)CN2C)cc(C)n1. The third-order valence-corrected chi connectivity index (χ3v) is 5.20. The summed E-state index contributed by atoms with van der Waals surface area (Å²) in [5.41, 5.74) is 2.29. The third-order valence-electron chi connectivity index (χ3n) is 5.20. The number of methoxy groups -OCH3 is 2. The van der Waals surface area contributed by atoms with E-state index in [0.29, 0.717) is 53.8 Å². The number of rotatable bonds is 7. The van der Waals surface area contributed by atoms with E-state index in [4.69, 9.17) is 14.2 Å². The Balaban J connectivity index is 1.56. The minimum absolute atomic E-state index is 0.0558. The fourth-order valence-corrected chi connectivity index (χ4v) is 3.62. The molecule has 31 heavy (non-hydrogen) atoms.